The molecular formula is C30H35N3. The van der Waals surface area contributed by atoms with E-state index in [2.05, 4.69) is 122 Å². The molecule has 0 heterocycles. The van der Waals surface area contributed by atoms with Gasteiger partial charge < -0.3 is 9.80 Å². The first kappa shape index (κ1) is 24.1. The summed E-state index contributed by atoms with van der Waals surface area (Å²) in [6.45, 7) is 9.51. The summed E-state index contributed by atoms with van der Waals surface area (Å²) in [6, 6.07) is 32.1. The highest BCUT2D eigenvalue weighted by Gasteiger charge is 2.44. The Kier molecular flexibility index (Phi) is 8.26. The molecule has 0 N–H and O–H groups in total. The van der Waals surface area contributed by atoms with E-state index in [0.717, 1.165) is 18.0 Å². The third kappa shape index (κ3) is 5.09. The Morgan fingerprint density at radius 1 is 0.788 bits per heavy atom. The van der Waals surface area contributed by atoms with Gasteiger partial charge in [0.15, 0.2) is 0 Å². The van der Waals surface area contributed by atoms with Gasteiger partial charge >= 0.3 is 0 Å². The molecule has 33 heavy (non-hydrogen) atoms. The van der Waals surface area contributed by atoms with Crippen molar-refractivity contribution >= 4 is 5.84 Å². The van der Waals surface area contributed by atoms with E-state index in [1.165, 1.54) is 16.7 Å². The van der Waals surface area contributed by atoms with Crippen LogP contribution in [0.5, 0.6) is 0 Å². The van der Waals surface area contributed by atoms with E-state index < -0.39 is 5.54 Å². The van der Waals surface area contributed by atoms with Crippen LogP contribution < -0.4 is 0 Å². The Labute approximate surface area is 199 Å². The number of nitrogens with zero attached hydrogens (tertiary/aromatic N) is 3. The molecule has 0 amide bonds. The first-order valence-corrected chi connectivity index (χ1v) is 11.6. The topological polar surface area (TPSA) is 18.8 Å². The minimum Gasteiger partial charge on any atom is -0.383 e. The van der Waals surface area contributed by atoms with Crippen molar-refractivity contribution in [3.8, 4) is 0 Å². The number of aliphatic imine (C=N–C) groups is 1. The van der Waals surface area contributed by atoms with E-state index in [4.69, 9.17) is 4.99 Å². The fraction of sp³-hybridized carbons (Fsp3) is 0.233. The zero-order valence-corrected chi connectivity index (χ0v) is 20.3. The van der Waals surface area contributed by atoms with Gasteiger partial charge in [-0.2, -0.15) is 0 Å². The molecule has 0 aromatic heterocycles. The van der Waals surface area contributed by atoms with Gasteiger partial charge in [-0.3, -0.25) is 4.99 Å². The van der Waals surface area contributed by atoms with Gasteiger partial charge in [0.05, 0.1) is 0 Å². The molecule has 0 spiro atoms. The first-order chi connectivity index (χ1) is 16.1. The van der Waals surface area contributed by atoms with Crippen molar-refractivity contribution in [2.45, 2.75) is 25.8 Å². The summed E-state index contributed by atoms with van der Waals surface area (Å²) >= 11 is 0. The summed E-state index contributed by atoms with van der Waals surface area (Å²) < 4.78 is 0. The van der Waals surface area contributed by atoms with Crippen LogP contribution >= 0.6 is 0 Å². The highest BCUT2D eigenvalue weighted by Crippen LogP contribution is 2.45. The van der Waals surface area contributed by atoms with Crippen LogP contribution in [0.25, 0.3) is 0 Å². The van der Waals surface area contributed by atoms with Gasteiger partial charge in [-0.05, 0) is 29.7 Å². The van der Waals surface area contributed by atoms with Crippen molar-refractivity contribution in [2.24, 2.45) is 4.99 Å². The Bertz CT molecular complexity index is 971. The first-order valence-electron chi connectivity index (χ1n) is 11.6. The zero-order valence-electron chi connectivity index (χ0n) is 20.3. The lowest BCUT2D eigenvalue weighted by Gasteiger charge is -2.47. The van der Waals surface area contributed by atoms with Crippen molar-refractivity contribution in [3.63, 3.8) is 0 Å². The van der Waals surface area contributed by atoms with Gasteiger partial charge in [-0.25, -0.2) is 0 Å². The van der Waals surface area contributed by atoms with Gasteiger partial charge in [0, 0.05) is 39.0 Å². The molecule has 170 valence electrons. The second-order valence-electron chi connectivity index (χ2n) is 8.16. The van der Waals surface area contributed by atoms with Crippen LogP contribution in [0, 0.1) is 0 Å². The van der Waals surface area contributed by atoms with Gasteiger partial charge in [0.1, 0.15) is 11.4 Å². The number of hydrogen-bond donors (Lipinski definition) is 0. The van der Waals surface area contributed by atoms with Gasteiger partial charge in [-0.15, -0.1) is 0 Å². The SMILES string of the molecule is C=C(/C=C\N(C)C)N(/C(CC)=N/CC)C(c1ccccc1)(c1ccccc1)c1ccccc1. The average Bonchev–Trinajstić information content (AvgIpc) is 2.86. The fourth-order valence-corrected chi connectivity index (χ4v) is 4.33. The second-order valence-corrected chi connectivity index (χ2v) is 8.16. The number of rotatable bonds is 9. The molecule has 0 unspecified atom stereocenters. The molecule has 3 heteroatoms. The van der Waals surface area contributed by atoms with Crippen molar-refractivity contribution in [3.05, 3.63) is 132 Å². The van der Waals surface area contributed by atoms with Gasteiger partial charge in [-0.1, -0.05) is 104 Å². The highest BCUT2D eigenvalue weighted by atomic mass is 15.3. The van der Waals surface area contributed by atoms with Crippen LogP contribution in [0.15, 0.2) is 121 Å². The third-order valence-corrected chi connectivity index (χ3v) is 5.68. The summed E-state index contributed by atoms with van der Waals surface area (Å²) in [5, 5.41) is 0. The molecule has 3 rings (SSSR count). The maximum atomic E-state index is 4.97. The molecule has 0 atom stereocenters. The zero-order chi connectivity index (χ0) is 23.7. The summed E-state index contributed by atoms with van der Waals surface area (Å²) in [5.74, 6) is 1.00. The summed E-state index contributed by atoms with van der Waals surface area (Å²) in [4.78, 5) is 9.33. The lowest BCUT2D eigenvalue weighted by atomic mass is 9.75. The molecule has 0 fully saturated rings. The van der Waals surface area contributed by atoms with Crippen molar-refractivity contribution in [1.29, 1.82) is 0 Å². The Morgan fingerprint density at radius 2 is 1.21 bits per heavy atom. The van der Waals surface area contributed by atoms with E-state index in [1.807, 2.05) is 25.2 Å². The molecule has 0 saturated heterocycles. The third-order valence-electron chi connectivity index (χ3n) is 5.68. The second kappa shape index (κ2) is 11.3. The summed E-state index contributed by atoms with van der Waals surface area (Å²) in [6.07, 6.45) is 4.90. The minimum atomic E-state index is -0.637. The van der Waals surface area contributed by atoms with Crippen LogP contribution in [0.2, 0.25) is 0 Å². The number of amidine groups is 1. The Balaban J connectivity index is 2.47. The largest absolute Gasteiger partial charge is 0.383 e. The van der Waals surface area contributed by atoms with Crippen molar-refractivity contribution in [2.75, 3.05) is 20.6 Å². The lowest BCUT2D eigenvalue weighted by Crippen LogP contribution is -2.50. The van der Waals surface area contributed by atoms with Crippen molar-refractivity contribution in [1.82, 2.24) is 9.80 Å². The highest BCUT2D eigenvalue weighted by molar-refractivity contribution is 5.86. The number of hydrogen-bond acceptors (Lipinski definition) is 2. The van der Waals surface area contributed by atoms with Crippen LogP contribution in [-0.4, -0.2) is 36.3 Å². The van der Waals surface area contributed by atoms with Crippen LogP contribution in [-0.2, 0) is 5.54 Å². The maximum absolute atomic E-state index is 4.97. The van der Waals surface area contributed by atoms with Crippen molar-refractivity contribution < 1.29 is 0 Å². The fourth-order valence-electron chi connectivity index (χ4n) is 4.33. The van der Waals surface area contributed by atoms with E-state index in [0.29, 0.717) is 6.54 Å². The molecule has 0 aliphatic carbocycles. The summed E-state index contributed by atoms with van der Waals surface area (Å²) in [7, 11) is 4.04. The minimum absolute atomic E-state index is 0.637. The van der Waals surface area contributed by atoms with E-state index in [1.54, 1.807) is 0 Å². The predicted octanol–water partition coefficient (Wildman–Crippen LogP) is 6.70. The summed E-state index contributed by atoms with van der Waals surface area (Å²) in [5.41, 5.74) is 3.74. The molecule has 0 aliphatic heterocycles. The molecule has 0 bridgehead atoms. The smallest absolute Gasteiger partial charge is 0.122 e. The van der Waals surface area contributed by atoms with Crippen LogP contribution in [0.4, 0.5) is 0 Å². The maximum Gasteiger partial charge on any atom is 0.122 e. The molecule has 3 aromatic rings. The number of allylic oxidation sites excluding steroid dienone is 1. The lowest BCUT2D eigenvalue weighted by molar-refractivity contribution is 0.327. The number of benzene rings is 3. The Morgan fingerprint density at radius 3 is 1.55 bits per heavy atom. The molecule has 0 aliphatic rings. The molecule has 3 aromatic carbocycles. The van der Waals surface area contributed by atoms with E-state index in [9.17, 15) is 0 Å². The standard InChI is InChI=1S/C30H35N3/c1-6-29(31-7-2)33(25(3)23-24-32(4)5)30(26-17-11-8-12-18-26,27-19-13-9-14-20-27)28-21-15-10-16-22-28/h8-24H,3,6-7H2,1-2,4-5H3/b24-23-,31-29+. The van der Waals surface area contributed by atoms with Gasteiger partial charge in [0.2, 0.25) is 0 Å². The van der Waals surface area contributed by atoms with E-state index >= 15 is 0 Å². The normalized spacial score (nSPS) is 12.1. The average molecular weight is 438 g/mol. The predicted molar refractivity (Wildman–Crippen MR) is 141 cm³/mol. The molecule has 0 saturated carbocycles. The monoisotopic (exact) mass is 437 g/mol. The quantitative estimate of drug-likeness (QED) is 0.161. The van der Waals surface area contributed by atoms with Gasteiger partial charge in [0.25, 0.3) is 0 Å². The van der Waals surface area contributed by atoms with Crippen LogP contribution in [0.1, 0.15) is 37.0 Å². The Hall–Kier alpha value is -3.59. The van der Waals surface area contributed by atoms with Crippen LogP contribution in [0.3, 0.4) is 0 Å². The molecular weight excluding hydrogens is 402 g/mol. The molecule has 0 radical (unpaired) electrons. The van der Waals surface area contributed by atoms with E-state index in [-0.39, 0.29) is 0 Å². The molecule has 3 nitrogen and oxygen atoms in total.